The number of aliphatic hydroxyl groups is 1. The van der Waals surface area contributed by atoms with Crippen molar-refractivity contribution < 1.29 is 18.3 Å². The molecule has 0 bridgehead atoms. The summed E-state index contributed by atoms with van der Waals surface area (Å²) in [5, 5.41) is 12.8. The van der Waals surface area contributed by atoms with E-state index in [4.69, 9.17) is 0 Å². The zero-order valence-corrected chi connectivity index (χ0v) is 14.8. The first-order valence-corrected chi connectivity index (χ1v) is 9.19. The molecule has 7 heteroatoms. The summed E-state index contributed by atoms with van der Waals surface area (Å²) in [7, 11) is -3.46. The van der Waals surface area contributed by atoms with Gasteiger partial charge in [-0.05, 0) is 31.6 Å². The maximum absolute atomic E-state index is 12.1. The first-order valence-electron chi connectivity index (χ1n) is 7.30. The number of hydrogen-bond donors (Lipinski definition) is 3. The van der Waals surface area contributed by atoms with Crippen molar-refractivity contribution in [3.05, 3.63) is 0 Å². The van der Waals surface area contributed by atoms with Crippen LogP contribution in [-0.4, -0.2) is 43.9 Å². The fraction of sp³-hybridized carbons (Fsp3) is 0.929. The molecule has 21 heavy (non-hydrogen) atoms. The molecule has 0 aliphatic carbocycles. The molecule has 2 unspecified atom stereocenters. The Hall–Kier alpha value is -0.660. The third kappa shape index (κ3) is 10.7. The van der Waals surface area contributed by atoms with E-state index < -0.39 is 27.6 Å². The standard InChI is InChI=1S/C14H30N2O4S/c1-10(2)7-12(16-21(6,19)20)13(17)15-9-14(5,18)8-11(3)4/h10-12,16,18H,7-9H2,1-6H3,(H,15,17). The van der Waals surface area contributed by atoms with Gasteiger partial charge in [0.2, 0.25) is 15.9 Å². The van der Waals surface area contributed by atoms with E-state index in [1.165, 1.54) is 0 Å². The summed E-state index contributed by atoms with van der Waals surface area (Å²) < 4.78 is 25.0. The van der Waals surface area contributed by atoms with Gasteiger partial charge in [0.05, 0.1) is 11.9 Å². The first kappa shape index (κ1) is 20.3. The van der Waals surface area contributed by atoms with Crippen molar-refractivity contribution in [3.8, 4) is 0 Å². The van der Waals surface area contributed by atoms with E-state index in [0.29, 0.717) is 18.8 Å². The average Bonchev–Trinajstić information content (AvgIpc) is 2.20. The molecular weight excluding hydrogens is 292 g/mol. The predicted octanol–water partition coefficient (Wildman–Crippen LogP) is 0.864. The van der Waals surface area contributed by atoms with Gasteiger partial charge in [0, 0.05) is 6.54 Å². The minimum atomic E-state index is -3.46. The van der Waals surface area contributed by atoms with Gasteiger partial charge in [0.1, 0.15) is 6.04 Å². The molecule has 0 fully saturated rings. The van der Waals surface area contributed by atoms with Gasteiger partial charge in [0.25, 0.3) is 0 Å². The number of amides is 1. The predicted molar refractivity (Wildman–Crippen MR) is 84.3 cm³/mol. The van der Waals surface area contributed by atoms with Crippen LogP contribution < -0.4 is 10.0 Å². The minimum Gasteiger partial charge on any atom is -0.388 e. The third-order valence-corrected chi connectivity index (χ3v) is 3.58. The van der Waals surface area contributed by atoms with Crippen LogP contribution in [0.3, 0.4) is 0 Å². The largest absolute Gasteiger partial charge is 0.388 e. The van der Waals surface area contributed by atoms with Crippen LogP contribution in [0.15, 0.2) is 0 Å². The van der Waals surface area contributed by atoms with E-state index in [2.05, 4.69) is 10.0 Å². The summed E-state index contributed by atoms with van der Waals surface area (Å²) in [6.07, 6.45) is 2.00. The van der Waals surface area contributed by atoms with Gasteiger partial charge in [-0.25, -0.2) is 13.1 Å². The van der Waals surface area contributed by atoms with Crippen LogP contribution in [0.1, 0.15) is 47.5 Å². The number of rotatable bonds is 9. The lowest BCUT2D eigenvalue weighted by Gasteiger charge is -2.27. The first-order chi connectivity index (χ1) is 9.32. The normalized spacial score (nSPS) is 16.8. The van der Waals surface area contributed by atoms with Gasteiger partial charge in [-0.3, -0.25) is 4.79 Å². The summed E-state index contributed by atoms with van der Waals surface area (Å²) in [5.74, 6) is 0.0711. The lowest BCUT2D eigenvalue weighted by molar-refractivity contribution is -0.124. The van der Waals surface area contributed by atoms with E-state index in [1.54, 1.807) is 6.92 Å². The van der Waals surface area contributed by atoms with Crippen molar-refractivity contribution >= 4 is 15.9 Å². The fourth-order valence-electron chi connectivity index (χ4n) is 2.29. The number of sulfonamides is 1. The maximum Gasteiger partial charge on any atom is 0.238 e. The second-order valence-corrected chi connectivity index (χ2v) is 8.66. The molecule has 0 radical (unpaired) electrons. The molecule has 2 atom stereocenters. The Labute approximate surface area is 128 Å². The van der Waals surface area contributed by atoms with Crippen molar-refractivity contribution in [2.45, 2.75) is 59.1 Å². The topological polar surface area (TPSA) is 95.5 Å². The van der Waals surface area contributed by atoms with E-state index in [-0.39, 0.29) is 12.5 Å². The van der Waals surface area contributed by atoms with Crippen LogP contribution >= 0.6 is 0 Å². The van der Waals surface area contributed by atoms with Gasteiger partial charge in [-0.15, -0.1) is 0 Å². The molecule has 0 aromatic carbocycles. The minimum absolute atomic E-state index is 0.101. The Morgan fingerprint density at radius 1 is 1.19 bits per heavy atom. The van der Waals surface area contributed by atoms with E-state index >= 15 is 0 Å². The van der Waals surface area contributed by atoms with Gasteiger partial charge >= 0.3 is 0 Å². The molecular formula is C14H30N2O4S. The van der Waals surface area contributed by atoms with Gasteiger partial charge < -0.3 is 10.4 Å². The van der Waals surface area contributed by atoms with E-state index in [1.807, 2.05) is 27.7 Å². The maximum atomic E-state index is 12.1. The zero-order valence-electron chi connectivity index (χ0n) is 13.9. The van der Waals surface area contributed by atoms with E-state index in [9.17, 15) is 18.3 Å². The summed E-state index contributed by atoms with van der Waals surface area (Å²) in [5.41, 5.74) is -1.00. The van der Waals surface area contributed by atoms with Crippen LogP contribution in [0.4, 0.5) is 0 Å². The molecule has 0 aliphatic rings. The lowest BCUT2D eigenvalue weighted by Crippen LogP contribution is -2.50. The molecule has 0 saturated heterocycles. The van der Waals surface area contributed by atoms with Gasteiger partial charge in [0.15, 0.2) is 0 Å². The number of carbonyl (C=O) groups is 1. The van der Waals surface area contributed by atoms with Crippen LogP contribution in [0, 0.1) is 11.8 Å². The fourth-order valence-corrected chi connectivity index (χ4v) is 3.01. The second-order valence-electron chi connectivity index (χ2n) is 6.88. The highest BCUT2D eigenvalue weighted by Gasteiger charge is 2.27. The molecule has 1 amide bonds. The van der Waals surface area contributed by atoms with Gasteiger partial charge in [-0.1, -0.05) is 27.7 Å². The Bertz CT molecular complexity index is 430. The number of nitrogens with one attached hydrogen (secondary N) is 2. The SMILES string of the molecule is CC(C)CC(NS(C)(=O)=O)C(=O)NCC(C)(O)CC(C)C. The van der Waals surface area contributed by atoms with Crippen molar-refractivity contribution in [1.82, 2.24) is 10.0 Å². The highest BCUT2D eigenvalue weighted by molar-refractivity contribution is 7.88. The van der Waals surface area contributed by atoms with Crippen LogP contribution in [0.2, 0.25) is 0 Å². The molecule has 126 valence electrons. The number of carbonyl (C=O) groups excluding carboxylic acids is 1. The monoisotopic (exact) mass is 322 g/mol. The third-order valence-electron chi connectivity index (χ3n) is 2.87. The highest BCUT2D eigenvalue weighted by atomic mass is 32.2. The average molecular weight is 322 g/mol. The molecule has 3 N–H and O–H groups in total. The summed E-state index contributed by atoms with van der Waals surface area (Å²) in [6.45, 7) is 9.57. The Morgan fingerprint density at radius 2 is 1.71 bits per heavy atom. The molecule has 0 heterocycles. The molecule has 0 aromatic heterocycles. The summed E-state index contributed by atoms with van der Waals surface area (Å²) in [6, 6.07) is -0.810. The van der Waals surface area contributed by atoms with Gasteiger partial charge in [-0.2, -0.15) is 0 Å². The van der Waals surface area contributed by atoms with Crippen molar-refractivity contribution in [3.63, 3.8) is 0 Å². The van der Waals surface area contributed by atoms with Crippen LogP contribution in [0.5, 0.6) is 0 Å². The Kier molecular flexibility index (Phi) is 7.84. The molecule has 0 spiro atoms. The van der Waals surface area contributed by atoms with E-state index in [0.717, 1.165) is 6.26 Å². The number of hydrogen-bond acceptors (Lipinski definition) is 4. The van der Waals surface area contributed by atoms with Crippen molar-refractivity contribution in [2.75, 3.05) is 12.8 Å². The molecule has 0 aromatic rings. The van der Waals surface area contributed by atoms with Crippen LogP contribution in [-0.2, 0) is 14.8 Å². The summed E-state index contributed by atoms with van der Waals surface area (Å²) >= 11 is 0. The lowest BCUT2D eigenvalue weighted by atomic mass is 9.94. The smallest absolute Gasteiger partial charge is 0.238 e. The molecule has 0 aliphatic heterocycles. The quantitative estimate of drug-likeness (QED) is 0.587. The summed E-state index contributed by atoms with van der Waals surface area (Å²) in [4.78, 5) is 12.1. The highest BCUT2D eigenvalue weighted by Crippen LogP contribution is 2.15. The molecule has 0 saturated carbocycles. The molecule has 6 nitrogen and oxygen atoms in total. The molecule has 0 rings (SSSR count). The van der Waals surface area contributed by atoms with Crippen molar-refractivity contribution in [2.24, 2.45) is 11.8 Å². The van der Waals surface area contributed by atoms with Crippen molar-refractivity contribution in [1.29, 1.82) is 0 Å². The Balaban J connectivity index is 4.68. The zero-order chi connectivity index (χ0) is 16.8. The second kappa shape index (κ2) is 8.10. The van der Waals surface area contributed by atoms with Crippen LogP contribution in [0.25, 0.3) is 0 Å². The Morgan fingerprint density at radius 3 is 2.10 bits per heavy atom.